The zero-order valence-corrected chi connectivity index (χ0v) is 9.93. The summed E-state index contributed by atoms with van der Waals surface area (Å²) in [5, 5.41) is 2.16. The van der Waals surface area contributed by atoms with Crippen LogP contribution in [0.4, 0.5) is 0 Å². The number of thiophene rings is 1. The summed E-state index contributed by atoms with van der Waals surface area (Å²) in [7, 11) is 0. The van der Waals surface area contributed by atoms with Crippen LogP contribution < -0.4 is 5.73 Å². The van der Waals surface area contributed by atoms with Crippen molar-refractivity contribution < 1.29 is 0 Å². The van der Waals surface area contributed by atoms with E-state index in [2.05, 4.69) is 23.6 Å². The van der Waals surface area contributed by atoms with Crippen LogP contribution in [0.15, 0.2) is 29.2 Å². The van der Waals surface area contributed by atoms with Crippen LogP contribution in [0.5, 0.6) is 0 Å². The van der Waals surface area contributed by atoms with E-state index in [1.807, 2.05) is 11.3 Å². The van der Waals surface area contributed by atoms with E-state index < -0.39 is 0 Å². The second kappa shape index (κ2) is 5.47. The van der Waals surface area contributed by atoms with E-state index in [1.54, 1.807) is 5.57 Å². The molecule has 1 aliphatic rings. The van der Waals surface area contributed by atoms with Gasteiger partial charge in [0, 0.05) is 10.9 Å². The average molecular weight is 221 g/mol. The average Bonchev–Trinajstić information content (AvgIpc) is 2.65. The van der Waals surface area contributed by atoms with Crippen molar-refractivity contribution in [2.75, 3.05) is 0 Å². The Hall–Kier alpha value is -0.600. The Morgan fingerprint density at radius 1 is 1.33 bits per heavy atom. The second-order valence-electron chi connectivity index (χ2n) is 4.31. The fraction of sp³-hybridized carbons (Fsp3) is 0.538. The van der Waals surface area contributed by atoms with E-state index in [0.717, 1.165) is 0 Å². The Kier molecular flexibility index (Phi) is 3.98. The topological polar surface area (TPSA) is 26.0 Å². The molecule has 0 fully saturated rings. The van der Waals surface area contributed by atoms with E-state index >= 15 is 0 Å². The van der Waals surface area contributed by atoms with Crippen molar-refractivity contribution in [2.24, 2.45) is 5.73 Å². The molecule has 0 radical (unpaired) electrons. The molecule has 1 aromatic heterocycles. The van der Waals surface area contributed by atoms with Crippen molar-refractivity contribution in [3.63, 3.8) is 0 Å². The van der Waals surface area contributed by atoms with Crippen LogP contribution in [0, 0.1) is 0 Å². The Morgan fingerprint density at radius 2 is 2.27 bits per heavy atom. The summed E-state index contributed by atoms with van der Waals surface area (Å²) < 4.78 is 0. The number of rotatable bonds is 3. The molecule has 2 rings (SSSR count). The first-order valence-electron chi connectivity index (χ1n) is 5.82. The normalized spacial score (nSPS) is 22.2. The lowest BCUT2D eigenvalue weighted by Gasteiger charge is -2.05. The molecule has 2 N–H and O–H groups in total. The van der Waals surface area contributed by atoms with Gasteiger partial charge in [0.2, 0.25) is 0 Å². The molecule has 0 aliphatic heterocycles. The summed E-state index contributed by atoms with van der Waals surface area (Å²) in [6.45, 7) is 0. The van der Waals surface area contributed by atoms with Gasteiger partial charge in [0.05, 0.1) is 0 Å². The molecule has 0 bridgehead atoms. The molecule has 0 saturated carbocycles. The Balaban J connectivity index is 1.87. The minimum Gasteiger partial charge on any atom is -0.324 e. The van der Waals surface area contributed by atoms with Crippen LogP contribution in [0.2, 0.25) is 0 Å². The van der Waals surface area contributed by atoms with Gasteiger partial charge in [-0.2, -0.15) is 0 Å². The van der Waals surface area contributed by atoms with Gasteiger partial charge >= 0.3 is 0 Å². The van der Waals surface area contributed by atoms with Crippen LogP contribution in [0.25, 0.3) is 0 Å². The fourth-order valence-corrected chi connectivity index (χ4v) is 2.86. The van der Waals surface area contributed by atoms with Crippen molar-refractivity contribution in [1.29, 1.82) is 0 Å². The quantitative estimate of drug-likeness (QED) is 0.777. The fourth-order valence-electron chi connectivity index (χ4n) is 2.15. The number of hydrogen-bond acceptors (Lipinski definition) is 2. The lowest BCUT2D eigenvalue weighted by molar-refractivity contribution is 0.653. The smallest absolute Gasteiger partial charge is 0.0226 e. The zero-order chi connectivity index (χ0) is 10.5. The van der Waals surface area contributed by atoms with Crippen LogP contribution in [-0.2, 0) is 6.42 Å². The molecule has 1 aromatic rings. The highest BCUT2D eigenvalue weighted by Gasteiger charge is 2.08. The highest BCUT2D eigenvalue weighted by Crippen LogP contribution is 2.22. The molecule has 0 spiro atoms. The van der Waals surface area contributed by atoms with Gasteiger partial charge < -0.3 is 5.73 Å². The lowest BCUT2D eigenvalue weighted by atomic mass is 10.0. The number of nitrogens with two attached hydrogens (primary N) is 1. The first-order chi connectivity index (χ1) is 7.34. The van der Waals surface area contributed by atoms with E-state index in [9.17, 15) is 0 Å². The van der Waals surface area contributed by atoms with Crippen molar-refractivity contribution in [2.45, 2.75) is 44.6 Å². The number of hydrogen-bond donors (Lipinski definition) is 1. The van der Waals surface area contributed by atoms with Crippen LogP contribution >= 0.6 is 11.3 Å². The predicted molar refractivity (Wildman–Crippen MR) is 67.2 cm³/mol. The zero-order valence-electron chi connectivity index (χ0n) is 9.11. The maximum atomic E-state index is 6.00. The summed E-state index contributed by atoms with van der Waals surface area (Å²) >= 11 is 1.86. The van der Waals surface area contributed by atoms with Gasteiger partial charge in [0.15, 0.2) is 0 Å². The molecule has 1 aliphatic carbocycles. The van der Waals surface area contributed by atoms with Gasteiger partial charge in [-0.25, -0.2) is 0 Å². The number of allylic oxidation sites excluding steroid dienone is 1. The first kappa shape index (κ1) is 10.9. The summed E-state index contributed by atoms with van der Waals surface area (Å²) in [5.74, 6) is 0. The van der Waals surface area contributed by atoms with Gasteiger partial charge in [-0.3, -0.25) is 0 Å². The van der Waals surface area contributed by atoms with E-state index in [4.69, 9.17) is 5.73 Å². The SMILES string of the molecule is NC1C=C(CCc2cccs2)CCCC1. The van der Waals surface area contributed by atoms with Crippen LogP contribution in [0.3, 0.4) is 0 Å². The van der Waals surface area contributed by atoms with E-state index in [1.165, 1.54) is 43.4 Å². The molecule has 0 aromatic carbocycles. The summed E-state index contributed by atoms with van der Waals surface area (Å²) in [6.07, 6.45) is 9.75. The maximum Gasteiger partial charge on any atom is 0.0226 e. The molecule has 82 valence electrons. The minimum absolute atomic E-state index is 0.311. The van der Waals surface area contributed by atoms with Gasteiger partial charge in [0.25, 0.3) is 0 Å². The van der Waals surface area contributed by atoms with Crippen LogP contribution in [0.1, 0.15) is 37.0 Å². The van der Waals surface area contributed by atoms with E-state index in [0.29, 0.717) is 6.04 Å². The summed E-state index contributed by atoms with van der Waals surface area (Å²) in [4.78, 5) is 1.49. The minimum atomic E-state index is 0.311. The Labute approximate surface area is 96.0 Å². The Morgan fingerprint density at radius 3 is 3.07 bits per heavy atom. The first-order valence-corrected chi connectivity index (χ1v) is 6.70. The summed E-state index contributed by atoms with van der Waals surface area (Å²) in [5.41, 5.74) is 7.58. The maximum absolute atomic E-state index is 6.00. The number of aryl methyl sites for hydroxylation is 1. The monoisotopic (exact) mass is 221 g/mol. The third kappa shape index (κ3) is 3.47. The third-order valence-corrected chi connectivity index (χ3v) is 3.94. The molecule has 1 nitrogen and oxygen atoms in total. The van der Waals surface area contributed by atoms with Gasteiger partial charge in [0.1, 0.15) is 0 Å². The molecule has 0 amide bonds. The van der Waals surface area contributed by atoms with Gasteiger partial charge in [-0.1, -0.05) is 24.1 Å². The second-order valence-corrected chi connectivity index (χ2v) is 5.35. The molecular formula is C13H19NS. The Bertz CT molecular complexity index is 313. The molecule has 1 atom stereocenters. The molecule has 15 heavy (non-hydrogen) atoms. The molecular weight excluding hydrogens is 202 g/mol. The molecule has 1 unspecified atom stereocenters. The molecule has 0 saturated heterocycles. The van der Waals surface area contributed by atoms with Crippen molar-refractivity contribution in [1.82, 2.24) is 0 Å². The largest absolute Gasteiger partial charge is 0.324 e. The van der Waals surface area contributed by atoms with Crippen molar-refractivity contribution in [3.05, 3.63) is 34.0 Å². The van der Waals surface area contributed by atoms with Crippen LogP contribution in [-0.4, -0.2) is 6.04 Å². The lowest BCUT2D eigenvalue weighted by Crippen LogP contribution is -2.15. The van der Waals surface area contributed by atoms with E-state index in [-0.39, 0.29) is 0 Å². The van der Waals surface area contributed by atoms with Crippen molar-refractivity contribution >= 4 is 11.3 Å². The third-order valence-electron chi connectivity index (χ3n) is 3.01. The summed E-state index contributed by atoms with van der Waals surface area (Å²) in [6, 6.07) is 4.67. The standard InChI is InChI=1S/C13H19NS/c14-12-5-2-1-4-11(10-12)7-8-13-6-3-9-15-13/h3,6,9-10,12H,1-2,4-5,7-8,14H2. The molecule has 2 heteroatoms. The van der Waals surface area contributed by atoms with Crippen molar-refractivity contribution in [3.8, 4) is 0 Å². The predicted octanol–water partition coefficient (Wildman–Crippen LogP) is 3.51. The molecule has 1 heterocycles. The highest BCUT2D eigenvalue weighted by atomic mass is 32.1. The van der Waals surface area contributed by atoms with Gasteiger partial charge in [-0.05, 0) is 43.6 Å². The van der Waals surface area contributed by atoms with Gasteiger partial charge in [-0.15, -0.1) is 11.3 Å². The highest BCUT2D eigenvalue weighted by molar-refractivity contribution is 7.09.